The largest absolute Gasteiger partial charge is 0.497 e. The fraction of sp³-hybridized carbons (Fsp3) is 0.318. The molecule has 2 aromatic carbocycles. The minimum Gasteiger partial charge on any atom is -0.497 e. The Morgan fingerprint density at radius 1 is 1.21 bits per heavy atom. The van der Waals surface area contributed by atoms with Crippen molar-refractivity contribution in [2.45, 2.75) is 31.4 Å². The molecule has 1 atom stereocenters. The second-order valence-electron chi connectivity index (χ2n) is 6.54. The Kier molecular flexibility index (Phi) is 7.69. The van der Waals surface area contributed by atoms with Crippen LogP contribution in [-0.4, -0.2) is 36.3 Å². The van der Waals surface area contributed by atoms with Crippen LogP contribution in [0.5, 0.6) is 11.5 Å². The molecule has 0 aliphatic carbocycles. The van der Waals surface area contributed by atoms with Gasteiger partial charge < -0.3 is 14.8 Å². The number of amidine groups is 1. The summed E-state index contributed by atoms with van der Waals surface area (Å²) in [5.41, 5.74) is 1.90. The summed E-state index contributed by atoms with van der Waals surface area (Å²) >= 11 is 1.39. The number of ether oxygens (including phenoxy) is 2. The van der Waals surface area contributed by atoms with Crippen molar-refractivity contribution in [1.29, 1.82) is 0 Å². The second kappa shape index (κ2) is 10.7. The standard InChI is InChI=1S/C22H25N3O3S/c1-3-4-12-28-19-11-6-5-9-17(19)15-23-25-22-24-21(26)20(29-22)14-16-8-7-10-18(13-16)27-2/h5-11,13,15,20H,3-4,12,14H2,1-2H3,(H,24,25,26)/b23-15+. The van der Waals surface area contributed by atoms with Crippen LogP contribution in [0.25, 0.3) is 0 Å². The first-order valence-electron chi connectivity index (χ1n) is 9.63. The summed E-state index contributed by atoms with van der Waals surface area (Å²) in [4.78, 5) is 12.3. The predicted molar refractivity (Wildman–Crippen MR) is 118 cm³/mol. The van der Waals surface area contributed by atoms with Crippen LogP contribution in [0.15, 0.2) is 58.7 Å². The average Bonchev–Trinajstić information content (AvgIpc) is 3.08. The van der Waals surface area contributed by atoms with E-state index >= 15 is 0 Å². The third-order valence-corrected chi connectivity index (χ3v) is 5.42. The second-order valence-corrected chi connectivity index (χ2v) is 7.73. The number of para-hydroxylation sites is 1. The molecule has 1 saturated heterocycles. The van der Waals surface area contributed by atoms with E-state index in [1.807, 2.05) is 48.5 Å². The highest BCUT2D eigenvalue weighted by molar-refractivity contribution is 8.15. The molecule has 0 spiro atoms. The Bertz CT molecular complexity index is 898. The molecule has 0 bridgehead atoms. The highest BCUT2D eigenvalue weighted by atomic mass is 32.2. The molecule has 3 rings (SSSR count). The van der Waals surface area contributed by atoms with Crippen molar-refractivity contribution < 1.29 is 14.3 Å². The van der Waals surface area contributed by atoms with Gasteiger partial charge in [-0.3, -0.25) is 4.79 Å². The van der Waals surface area contributed by atoms with E-state index in [0.29, 0.717) is 18.2 Å². The molecule has 6 nitrogen and oxygen atoms in total. The zero-order valence-electron chi connectivity index (χ0n) is 16.6. The molecule has 7 heteroatoms. The van der Waals surface area contributed by atoms with Gasteiger partial charge >= 0.3 is 0 Å². The van der Waals surface area contributed by atoms with Gasteiger partial charge in [-0.05, 0) is 42.7 Å². The molecule has 1 unspecified atom stereocenters. The lowest BCUT2D eigenvalue weighted by atomic mass is 10.1. The minimum absolute atomic E-state index is 0.0601. The molecule has 1 aliphatic rings. The van der Waals surface area contributed by atoms with Crippen molar-refractivity contribution >= 4 is 29.1 Å². The molecule has 2 aromatic rings. The van der Waals surface area contributed by atoms with Gasteiger partial charge in [-0.15, -0.1) is 5.10 Å². The average molecular weight is 412 g/mol. The summed E-state index contributed by atoms with van der Waals surface area (Å²) in [6, 6.07) is 15.4. The molecule has 1 N–H and O–H groups in total. The van der Waals surface area contributed by atoms with Crippen molar-refractivity contribution in [1.82, 2.24) is 5.32 Å². The number of nitrogens with zero attached hydrogens (tertiary/aromatic N) is 2. The van der Waals surface area contributed by atoms with Crippen molar-refractivity contribution in [2.24, 2.45) is 10.2 Å². The van der Waals surface area contributed by atoms with Gasteiger partial charge in [-0.25, -0.2) is 0 Å². The number of unbranched alkanes of at least 4 members (excludes halogenated alkanes) is 1. The molecule has 1 amide bonds. The summed E-state index contributed by atoms with van der Waals surface area (Å²) in [5, 5.41) is 11.4. The number of hydrogen-bond donors (Lipinski definition) is 1. The van der Waals surface area contributed by atoms with E-state index in [1.54, 1.807) is 13.3 Å². The quantitative estimate of drug-likeness (QED) is 0.384. The van der Waals surface area contributed by atoms with Gasteiger partial charge in [0.25, 0.3) is 0 Å². The van der Waals surface area contributed by atoms with E-state index < -0.39 is 0 Å². The van der Waals surface area contributed by atoms with Crippen LogP contribution >= 0.6 is 11.8 Å². The van der Waals surface area contributed by atoms with Crippen molar-refractivity contribution in [3.05, 3.63) is 59.7 Å². The highest BCUT2D eigenvalue weighted by Crippen LogP contribution is 2.25. The van der Waals surface area contributed by atoms with Crippen LogP contribution in [0.4, 0.5) is 0 Å². The number of amides is 1. The molecule has 1 heterocycles. The minimum atomic E-state index is -0.235. The van der Waals surface area contributed by atoms with Crippen molar-refractivity contribution in [2.75, 3.05) is 13.7 Å². The first-order chi connectivity index (χ1) is 14.2. The maximum Gasteiger partial charge on any atom is 0.239 e. The number of carbonyl (C=O) groups is 1. The lowest BCUT2D eigenvalue weighted by Crippen LogP contribution is -2.25. The van der Waals surface area contributed by atoms with Crippen molar-refractivity contribution in [3.8, 4) is 11.5 Å². The Hall–Kier alpha value is -2.80. The highest BCUT2D eigenvalue weighted by Gasteiger charge is 2.30. The number of carbonyl (C=O) groups excluding carboxylic acids is 1. The summed E-state index contributed by atoms with van der Waals surface area (Å²) in [5.74, 6) is 1.50. The molecular weight excluding hydrogens is 386 g/mol. The van der Waals surface area contributed by atoms with E-state index in [0.717, 1.165) is 35.5 Å². The van der Waals surface area contributed by atoms with Gasteiger partial charge in [0.1, 0.15) is 11.5 Å². The molecule has 1 fully saturated rings. The van der Waals surface area contributed by atoms with Gasteiger partial charge in [0.2, 0.25) is 5.91 Å². The van der Waals surface area contributed by atoms with E-state index in [1.165, 1.54) is 11.8 Å². The number of benzene rings is 2. The van der Waals surface area contributed by atoms with Crippen LogP contribution in [0.3, 0.4) is 0 Å². The fourth-order valence-corrected chi connectivity index (χ4v) is 3.75. The molecule has 0 radical (unpaired) electrons. The third-order valence-electron chi connectivity index (χ3n) is 4.35. The number of rotatable bonds is 9. The summed E-state index contributed by atoms with van der Waals surface area (Å²) in [6.45, 7) is 2.80. The smallest absolute Gasteiger partial charge is 0.239 e. The lowest BCUT2D eigenvalue weighted by Gasteiger charge is -2.07. The summed E-state index contributed by atoms with van der Waals surface area (Å²) in [6.07, 6.45) is 4.34. The van der Waals surface area contributed by atoms with E-state index in [-0.39, 0.29) is 11.2 Å². The fourth-order valence-electron chi connectivity index (χ4n) is 2.79. The van der Waals surface area contributed by atoms with Gasteiger partial charge in [0, 0.05) is 5.56 Å². The van der Waals surface area contributed by atoms with Gasteiger partial charge in [-0.1, -0.05) is 49.4 Å². The van der Waals surface area contributed by atoms with Gasteiger partial charge in [0.15, 0.2) is 5.17 Å². The van der Waals surface area contributed by atoms with E-state index in [2.05, 4.69) is 22.4 Å². The maximum atomic E-state index is 12.3. The molecule has 29 heavy (non-hydrogen) atoms. The Balaban J connectivity index is 1.61. The van der Waals surface area contributed by atoms with Crippen LogP contribution in [-0.2, 0) is 11.2 Å². The van der Waals surface area contributed by atoms with Crippen LogP contribution < -0.4 is 14.8 Å². The Morgan fingerprint density at radius 2 is 2.07 bits per heavy atom. The molecule has 1 aliphatic heterocycles. The summed E-state index contributed by atoms with van der Waals surface area (Å²) < 4.78 is 11.0. The van der Waals surface area contributed by atoms with Crippen LogP contribution in [0, 0.1) is 0 Å². The molecular formula is C22H25N3O3S. The number of thioether (sulfide) groups is 1. The number of methoxy groups -OCH3 is 1. The van der Waals surface area contributed by atoms with E-state index in [4.69, 9.17) is 9.47 Å². The molecule has 0 aromatic heterocycles. The summed E-state index contributed by atoms with van der Waals surface area (Å²) in [7, 11) is 1.63. The van der Waals surface area contributed by atoms with Gasteiger partial charge in [-0.2, -0.15) is 5.10 Å². The Labute approximate surface area is 175 Å². The van der Waals surface area contributed by atoms with Crippen LogP contribution in [0.2, 0.25) is 0 Å². The molecule has 152 valence electrons. The first-order valence-corrected chi connectivity index (χ1v) is 10.5. The topological polar surface area (TPSA) is 72.3 Å². The van der Waals surface area contributed by atoms with E-state index in [9.17, 15) is 4.79 Å². The Morgan fingerprint density at radius 3 is 2.90 bits per heavy atom. The first kappa shape index (κ1) is 20.9. The number of nitrogens with one attached hydrogen (secondary N) is 1. The predicted octanol–water partition coefficient (Wildman–Crippen LogP) is 4.04. The molecule has 0 saturated carbocycles. The monoisotopic (exact) mass is 411 g/mol. The van der Waals surface area contributed by atoms with Gasteiger partial charge in [0.05, 0.1) is 25.2 Å². The zero-order valence-corrected chi connectivity index (χ0v) is 17.4. The van der Waals surface area contributed by atoms with Crippen molar-refractivity contribution in [3.63, 3.8) is 0 Å². The number of hydrogen-bond acceptors (Lipinski definition) is 6. The maximum absolute atomic E-state index is 12.3. The SMILES string of the molecule is CCCCOc1ccccc1/C=N/N=C1/NC(=O)C(Cc2cccc(OC)c2)S1. The third kappa shape index (κ3) is 6.09. The lowest BCUT2D eigenvalue weighted by molar-refractivity contribution is -0.118. The normalized spacial score (nSPS) is 17.7. The zero-order chi connectivity index (χ0) is 20.5. The van der Waals surface area contributed by atoms with Crippen LogP contribution in [0.1, 0.15) is 30.9 Å².